The van der Waals surface area contributed by atoms with E-state index in [4.69, 9.17) is 5.73 Å². The molecule has 0 bridgehead atoms. The van der Waals surface area contributed by atoms with Gasteiger partial charge in [0, 0.05) is 13.6 Å². The normalized spacial score (nSPS) is 10.6. The largest absolute Gasteiger partial charge is 0.469 e. The van der Waals surface area contributed by atoms with E-state index < -0.39 is 0 Å². The number of anilines is 1. The zero-order chi connectivity index (χ0) is 14.6. The predicted octanol–water partition coefficient (Wildman–Crippen LogP) is 0.750. The van der Waals surface area contributed by atoms with Gasteiger partial charge in [-0.15, -0.1) is 0 Å². The molecule has 1 rings (SSSR count). The molecule has 106 valence electrons. The molecule has 19 heavy (non-hydrogen) atoms. The molecule has 0 unspecified atom stereocenters. The van der Waals surface area contributed by atoms with E-state index in [1.165, 1.54) is 12.0 Å². The fourth-order valence-corrected chi connectivity index (χ4v) is 1.61. The summed E-state index contributed by atoms with van der Waals surface area (Å²) in [6, 6.07) is 0. The first-order valence-electron chi connectivity index (χ1n) is 6.04. The molecular formula is C12H20N4O3. The minimum absolute atomic E-state index is 0.139. The number of aromatic amines is 1. The molecule has 7 nitrogen and oxygen atoms in total. The Labute approximate surface area is 112 Å². The highest BCUT2D eigenvalue weighted by Crippen LogP contribution is 2.22. The highest BCUT2D eigenvalue weighted by molar-refractivity contribution is 5.97. The first-order valence-corrected chi connectivity index (χ1v) is 6.04. The summed E-state index contributed by atoms with van der Waals surface area (Å²) in [6.45, 7) is 4.17. The van der Waals surface area contributed by atoms with Gasteiger partial charge in [0.1, 0.15) is 0 Å². The number of rotatable bonds is 5. The summed E-state index contributed by atoms with van der Waals surface area (Å²) in [5.74, 6) is -0.517. The van der Waals surface area contributed by atoms with Crippen LogP contribution in [0.15, 0.2) is 0 Å². The Morgan fingerprint density at radius 3 is 2.58 bits per heavy atom. The van der Waals surface area contributed by atoms with Gasteiger partial charge in [-0.1, -0.05) is 13.8 Å². The number of carbonyl (C=O) groups is 2. The fraction of sp³-hybridized carbons (Fsp3) is 0.583. The monoisotopic (exact) mass is 268 g/mol. The van der Waals surface area contributed by atoms with Crippen LogP contribution in [-0.2, 0) is 9.53 Å². The Morgan fingerprint density at radius 1 is 1.47 bits per heavy atom. The van der Waals surface area contributed by atoms with Crippen molar-refractivity contribution >= 4 is 17.6 Å². The average Bonchev–Trinajstić information content (AvgIpc) is 2.76. The molecule has 0 aliphatic carbocycles. The number of ether oxygens (including phenoxy) is 1. The van der Waals surface area contributed by atoms with Crippen LogP contribution in [0.2, 0.25) is 0 Å². The van der Waals surface area contributed by atoms with Crippen LogP contribution in [0.1, 0.15) is 42.4 Å². The van der Waals surface area contributed by atoms with Crippen molar-refractivity contribution in [2.45, 2.75) is 26.2 Å². The van der Waals surface area contributed by atoms with Crippen LogP contribution in [0.25, 0.3) is 0 Å². The van der Waals surface area contributed by atoms with Crippen LogP contribution >= 0.6 is 0 Å². The first-order chi connectivity index (χ1) is 8.88. The quantitative estimate of drug-likeness (QED) is 0.767. The Balaban J connectivity index is 2.74. The van der Waals surface area contributed by atoms with E-state index in [9.17, 15) is 9.59 Å². The van der Waals surface area contributed by atoms with Crippen LogP contribution < -0.4 is 5.73 Å². The van der Waals surface area contributed by atoms with Gasteiger partial charge >= 0.3 is 5.97 Å². The molecule has 0 aliphatic rings. The van der Waals surface area contributed by atoms with Gasteiger partial charge in [0.15, 0.2) is 5.69 Å². The molecule has 7 heteroatoms. The van der Waals surface area contributed by atoms with Crippen molar-refractivity contribution in [1.82, 2.24) is 15.1 Å². The third-order valence-electron chi connectivity index (χ3n) is 2.84. The lowest BCUT2D eigenvalue weighted by Crippen LogP contribution is -2.30. The Kier molecular flexibility index (Phi) is 4.91. The Morgan fingerprint density at radius 2 is 2.11 bits per heavy atom. The SMILES string of the molecule is COC(=O)CCN(C)C(=O)c1n[nH]c(C(C)C)c1N. The molecule has 0 saturated heterocycles. The van der Waals surface area contributed by atoms with Crippen molar-refractivity contribution in [1.29, 1.82) is 0 Å². The number of nitrogens with one attached hydrogen (secondary N) is 1. The van der Waals surface area contributed by atoms with Gasteiger partial charge in [0.2, 0.25) is 0 Å². The molecule has 1 aromatic heterocycles. The zero-order valence-corrected chi connectivity index (χ0v) is 11.7. The lowest BCUT2D eigenvalue weighted by molar-refractivity contribution is -0.140. The number of nitrogens with two attached hydrogens (primary N) is 1. The molecule has 0 aliphatic heterocycles. The van der Waals surface area contributed by atoms with Gasteiger partial charge in [0.25, 0.3) is 5.91 Å². The van der Waals surface area contributed by atoms with E-state index in [1.54, 1.807) is 7.05 Å². The molecule has 3 N–H and O–H groups in total. The highest BCUT2D eigenvalue weighted by Gasteiger charge is 2.22. The molecule has 0 atom stereocenters. The van der Waals surface area contributed by atoms with E-state index in [2.05, 4.69) is 14.9 Å². The van der Waals surface area contributed by atoms with E-state index in [0.29, 0.717) is 5.69 Å². The minimum Gasteiger partial charge on any atom is -0.469 e. The van der Waals surface area contributed by atoms with Crippen molar-refractivity contribution in [3.63, 3.8) is 0 Å². The predicted molar refractivity (Wildman–Crippen MR) is 70.7 cm³/mol. The number of methoxy groups -OCH3 is 1. The third-order valence-corrected chi connectivity index (χ3v) is 2.84. The number of amides is 1. The van der Waals surface area contributed by atoms with E-state index in [0.717, 1.165) is 5.69 Å². The summed E-state index contributed by atoms with van der Waals surface area (Å²) in [6.07, 6.45) is 0.139. The second-order valence-corrected chi connectivity index (χ2v) is 4.61. The van der Waals surface area contributed by atoms with Gasteiger partial charge in [0.05, 0.1) is 24.9 Å². The van der Waals surface area contributed by atoms with Crippen LogP contribution in [0.4, 0.5) is 5.69 Å². The number of nitrogen functional groups attached to an aromatic ring is 1. The maximum absolute atomic E-state index is 12.1. The van der Waals surface area contributed by atoms with Crippen molar-refractivity contribution in [3.05, 3.63) is 11.4 Å². The van der Waals surface area contributed by atoms with Gasteiger partial charge < -0.3 is 15.4 Å². The Bertz CT molecular complexity index is 468. The van der Waals surface area contributed by atoms with E-state index >= 15 is 0 Å². The average molecular weight is 268 g/mol. The highest BCUT2D eigenvalue weighted by atomic mass is 16.5. The second-order valence-electron chi connectivity index (χ2n) is 4.61. The Hall–Kier alpha value is -2.05. The summed E-state index contributed by atoms with van der Waals surface area (Å²) < 4.78 is 4.52. The molecule has 1 heterocycles. The summed E-state index contributed by atoms with van der Waals surface area (Å²) in [5.41, 5.74) is 7.19. The molecule has 0 radical (unpaired) electrons. The number of esters is 1. The van der Waals surface area contributed by atoms with Gasteiger partial charge in [-0.2, -0.15) is 5.10 Å². The number of H-pyrrole nitrogens is 1. The molecule has 1 amide bonds. The summed E-state index contributed by atoms with van der Waals surface area (Å²) in [5, 5.41) is 6.72. The van der Waals surface area contributed by atoms with Crippen molar-refractivity contribution < 1.29 is 14.3 Å². The maximum atomic E-state index is 12.1. The molecule has 0 saturated carbocycles. The first kappa shape index (κ1) is 15.0. The van der Waals surface area contributed by atoms with Crippen molar-refractivity contribution in [2.24, 2.45) is 0 Å². The summed E-state index contributed by atoms with van der Waals surface area (Å²) in [7, 11) is 2.90. The molecule has 1 aromatic rings. The topological polar surface area (TPSA) is 101 Å². The fourth-order valence-electron chi connectivity index (χ4n) is 1.61. The smallest absolute Gasteiger partial charge is 0.307 e. The van der Waals surface area contributed by atoms with Crippen LogP contribution in [0, 0.1) is 0 Å². The van der Waals surface area contributed by atoms with Crippen LogP contribution in [0.5, 0.6) is 0 Å². The van der Waals surface area contributed by atoms with Gasteiger partial charge in [-0.05, 0) is 5.92 Å². The number of aromatic nitrogens is 2. The molecule has 0 aromatic carbocycles. The second kappa shape index (κ2) is 6.21. The van der Waals surface area contributed by atoms with Crippen LogP contribution in [0.3, 0.4) is 0 Å². The van der Waals surface area contributed by atoms with Crippen LogP contribution in [-0.4, -0.2) is 47.7 Å². The van der Waals surface area contributed by atoms with E-state index in [-0.39, 0.29) is 36.5 Å². The number of hydrogen-bond acceptors (Lipinski definition) is 5. The standard InChI is InChI=1S/C12H20N4O3/c1-7(2)10-9(13)11(15-14-10)12(18)16(3)6-5-8(17)19-4/h7H,5-6,13H2,1-4H3,(H,14,15). The van der Waals surface area contributed by atoms with E-state index in [1.807, 2.05) is 13.8 Å². The summed E-state index contributed by atoms with van der Waals surface area (Å²) in [4.78, 5) is 24.5. The van der Waals surface area contributed by atoms with Crippen molar-refractivity contribution in [2.75, 3.05) is 26.4 Å². The molecular weight excluding hydrogens is 248 g/mol. The maximum Gasteiger partial charge on any atom is 0.307 e. The number of carbonyl (C=O) groups excluding carboxylic acids is 2. The lowest BCUT2D eigenvalue weighted by Gasteiger charge is -2.15. The van der Waals surface area contributed by atoms with Gasteiger partial charge in [-0.25, -0.2) is 0 Å². The van der Waals surface area contributed by atoms with Crippen molar-refractivity contribution in [3.8, 4) is 0 Å². The third kappa shape index (κ3) is 3.46. The molecule has 0 spiro atoms. The molecule has 0 fully saturated rings. The number of nitrogens with zero attached hydrogens (tertiary/aromatic N) is 2. The number of hydrogen-bond donors (Lipinski definition) is 2. The zero-order valence-electron chi connectivity index (χ0n) is 11.7. The lowest BCUT2D eigenvalue weighted by atomic mass is 10.1. The summed E-state index contributed by atoms with van der Waals surface area (Å²) >= 11 is 0. The van der Waals surface area contributed by atoms with Gasteiger partial charge in [-0.3, -0.25) is 14.7 Å². The minimum atomic E-state index is -0.363.